The van der Waals surface area contributed by atoms with Gasteiger partial charge in [0.25, 0.3) is 0 Å². The van der Waals surface area contributed by atoms with E-state index in [-0.39, 0.29) is 5.41 Å². The normalized spacial score (nSPS) is 39.5. The zero-order valence-electron chi connectivity index (χ0n) is 20.6. The first-order valence-electron chi connectivity index (χ1n) is 12.4. The average molecular weight is 445 g/mol. The quantitative estimate of drug-likeness (QED) is 0.457. The van der Waals surface area contributed by atoms with Gasteiger partial charge in [0.15, 0.2) is 0 Å². The number of aliphatic hydroxyl groups is 4. The van der Waals surface area contributed by atoms with Crippen molar-refractivity contribution in [1.82, 2.24) is 0 Å². The zero-order valence-corrected chi connectivity index (χ0v) is 20.6. The fourth-order valence-corrected chi connectivity index (χ4v) is 6.29. The second-order valence-electron chi connectivity index (χ2n) is 11.6. The Kier molecular flexibility index (Phi) is 7.32. The highest BCUT2D eigenvalue weighted by Crippen LogP contribution is 2.59. The number of hydrogen-bond donors (Lipinski definition) is 4. The standard InChI is InChI=1S/C28H44O4/c1-18(13-15-28(6,32)26(3,4)31)23-11-12-24-20(8-7-14-27(23,24)5)9-10-21-16-22(29)17-25(30)19(21)2/h9-10,13,15,18,22-25,29-32H,2,7-8,11-12,14,16-17H2,1,3-6H3/t18-,22-,23-,24?,25?,27-,28-/m1/s1. The van der Waals surface area contributed by atoms with Gasteiger partial charge in [0.05, 0.1) is 17.8 Å². The van der Waals surface area contributed by atoms with Crippen LogP contribution in [0.1, 0.15) is 79.6 Å². The molecule has 0 aromatic carbocycles. The molecule has 4 heteroatoms. The summed E-state index contributed by atoms with van der Waals surface area (Å²) in [7, 11) is 0. The Bertz CT molecular complexity index is 797. The molecule has 0 bridgehead atoms. The summed E-state index contributed by atoms with van der Waals surface area (Å²) in [4.78, 5) is 0. The van der Waals surface area contributed by atoms with E-state index >= 15 is 0 Å². The van der Waals surface area contributed by atoms with E-state index in [1.807, 2.05) is 0 Å². The number of fused-ring (bicyclic) bond motifs is 1. The van der Waals surface area contributed by atoms with Crippen LogP contribution in [0, 0.1) is 23.2 Å². The maximum Gasteiger partial charge on any atom is 0.108 e. The number of allylic oxidation sites excluding steroid dienone is 4. The van der Waals surface area contributed by atoms with E-state index in [1.54, 1.807) is 26.8 Å². The number of aliphatic hydroxyl groups excluding tert-OH is 2. The van der Waals surface area contributed by atoms with E-state index in [1.165, 1.54) is 24.8 Å². The molecule has 4 N–H and O–H groups in total. The van der Waals surface area contributed by atoms with Crippen molar-refractivity contribution in [3.63, 3.8) is 0 Å². The van der Waals surface area contributed by atoms with Crippen LogP contribution in [0.15, 0.2) is 47.6 Å². The number of rotatable bonds is 5. The molecule has 180 valence electrons. The first-order valence-corrected chi connectivity index (χ1v) is 12.4. The molecule has 0 heterocycles. The lowest BCUT2D eigenvalue weighted by Crippen LogP contribution is -2.46. The minimum absolute atomic E-state index is 0.218. The molecule has 4 nitrogen and oxygen atoms in total. The molecular weight excluding hydrogens is 400 g/mol. The predicted octanol–water partition coefficient (Wildman–Crippen LogP) is 4.84. The zero-order chi connectivity index (χ0) is 23.9. The van der Waals surface area contributed by atoms with Crippen LogP contribution in [0.5, 0.6) is 0 Å². The summed E-state index contributed by atoms with van der Waals surface area (Å²) < 4.78 is 0. The molecule has 0 saturated heterocycles. The summed E-state index contributed by atoms with van der Waals surface area (Å²) in [5.41, 5.74) is 0.958. The van der Waals surface area contributed by atoms with Crippen molar-refractivity contribution in [2.45, 2.75) is 103 Å². The maximum absolute atomic E-state index is 10.6. The molecule has 7 atom stereocenters. The lowest BCUT2D eigenvalue weighted by atomic mass is 9.61. The van der Waals surface area contributed by atoms with Crippen molar-refractivity contribution in [2.24, 2.45) is 23.2 Å². The molecule has 0 aliphatic heterocycles. The Morgan fingerprint density at radius 3 is 2.47 bits per heavy atom. The van der Waals surface area contributed by atoms with Crippen LogP contribution in [0.25, 0.3) is 0 Å². The molecule has 3 aliphatic rings. The first-order chi connectivity index (χ1) is 14.8. The third kappa shape index (κ3) is 4.99. The molecular formula is C28H44O4. The molecule has 0 aromatic rings. The first kappa shape index (κ1) is 25.4. The van der Waals surface area contributed by atoms with Crippen molar-refractivity contribution in [1.29, 1.82) is 0 Å². The van der Waals surface area contributed by atoms with Gasteiger partial charge in [-0.1, -0.05) is 50.3 Å². The summed E-state index contributed by atoms with van der Waals surface area (Å²) in [6.45, 7) is 13.7. The smallest absolute Gasteiger partial charge is 0.108 e. The van der Waals surface area contributed by atoms with Gasteiger partial charge in [-0.25, -0.2) is 0 Å². The lowest BCUT2D eigenvalue weighted by Gasteiger charge is -2.44. The van der Waals surface area contributed by atoms with Crippen LogP contribution >= 0.6 is 0 Å². The molecule has 0 amide bonds. The molecule has 3 fully saturated rings. The Labute approximate surface area is 194 Å². The van der Waals surface area contributed by atoms with E-state index in [4.69, 9.17) is 0 Å². The van der Waals surface area contributed by atoms with Crippen molar-refractivity contribution >= 4 is 0 Å². The molecule has 3 aliphatic carbocycles. The van der Waals surface area contributed by atoms with Crippen molar-refractivity contribution in [3.05, 3.63) is 47.6 Å². The van der Waals surface area contributed by atoms with Crippen molar-refractivity contribution in [3.8, 4) is 0 Å². The minimum atomic E-state index is -1.26. The van der Waals surface area contributed by atoms with E-state index in [0.29, 0.717) is 30.6 Å². The summed E-state index contributed by atoms with van der Waals surface area (Å²) in [5, 5.41) is 41.1. The SMILES string of the molecule is C=C1C(=CC=C2CCC[C@@]3(C)C2CC[C@@H]3[C@H](C)C=C[C@@](C)(O)C(C)(C)O)C[C@@H](O)CC1O. The Morgan fingerprint density at radius 1 is 1.12 bits per heavy atom. The topological polar surface area (TPSA) is 80.9 Å². The van der Waals surface area contributed by atoms with Gasteiger partial charge in [0, 0.05) is 6.42 Å². The van der Waals surface area contributed by atoms with Gasteiger partial charge in [-0.15, -0.1) is 0 Å². The molecule has 0 radical (unpaired) electrons. The van der Waals surface area contributed by atoms with Crippen LogP contribution in [-0.4, -0.2) is 43.8 Å². The largest absolute Gasteiger partial charge is 0.393 e. The highest BCUT2D eigenvalue weighted by Gasteiger charge is 2.50. The van der Waals surface area contributed by atoms with Gasteiger partial charge in [-0.2, -0.15) is 0 Å². The third-order valence-electron chi connectivity index (χ3n) is 8.90. The van der Waals surface area contributed by atoms with E-state index < -0.39 is 23.4 Å². The van der Waals surface area contributed by atoms with Crippen LogP contribution in [0.2, 0.25) is 0 Å². The van der Waals surface area contributed by atoms with Crippen molar-refractivity contribution in [2.75, 3.05) is 0 Å². The second kappa shape index (κ2) is 9.21. The van der Waals surface area contributed by atoms with E-state index in [9.17, 15) is 20.4 Å². The third-order valence-corrected chi connectivity index (χ3v) is 8.90. The highest BCUT2D eigenvalue weighted by molar-refractivity contribution is 5.38. The van der Waals surface area contributed by atoms with Gasteiger partial charge in [-0.05, 0) is 93.6 Å². The second-order valence-corrected chi connectivity index (χ2v) is 11.6. The maximum atomic E-state index is 10.6. The van der Waals surface area contributed by atoms with Gasteiger partial charge in [0.2, 0.25) is 0 Å². The number of hydrogen-bond acceptors (Lipinski definition) is 4. The van der Waals surface area contributed by atoms with Gasteiger partial charge in [-0.3, -0.25) is 0 Å². The summed E-state index contributed by atoms with van der Waals surface area (Å²) >= 11 is 0. The van der Waals surface area contributed by atoms with Crippen LogP contribution in [0.3, 0.4) is 0 Å². The fourth-order valence-electron chi connectivity index (χ4n) is 6.29. The van der Waals surface area contributed by atoms with Crippen molar-refractivity contribution < 1.29 is 20.4 Å². The van der Waals surface area contributed by atoms with Crippen LogP contribution < -0.4 is 0 Å². The van der Waals surface area contributed by atoms with Crippen LogP contribution in [-0.2, 0) is 0 Å². The fraction of sp³-hybridized carbons (Fsp3) is 0.714. The molecule has 3 rings (SSSR count). The van der Waals surface area contributed by atoms with Gasteiger partial charge < -0.3 is 20.4 Å². The Hall–Kier alpha value is -1.20. The van der Waals surface area contributed by atoms with Crippen LogP contribution in [0.4, 0.5) is 0 Å². The predicted molar refractivity (Wildman–Crippen MR) is 130 cm³/mol. The monoisotopic (exact) mass is 444 g/mol. The molecule has 2 unspecified atom stereocenters. The summed E-state index contributed by atoms with van der Waals surface area (Å²) in [5.74, 6) is 1.39. The lowest BCUT2D eigenvalue weighted by molar-refractivity contribution is -0.0886. The summed E-state index contributed by atoms with van der Waals surface area (Å²) in [6.07, 6.45) is 13.8. The molecule has 3 saturated carbocycles. The van der Waals surface area contributed by atoms with E-state index in [0.717, 1.165) is 24.0 Å². The minimum Gasteiger partial charge on any atom is -0.393 e. The Morgan fingerprint density at radius 2 is 1.81 bits per heavy atom. The summed E-state index contributed by atoms with van der Waals surface area (Å²) in [6, 6.07) is 0. The van der Waals surface area contributed by atoms with Gasteiger partial charge >= 0.3 is 0 Å². The molecule has 0 aromatic heterocycles. The average Bonchev–Trinajstić information content (AvgIpc) is 3.04. The van der Waals surface area contributed by atoms with E-state index in [2.05, 4.69) is 38.7 Å². The van der Waals surface area contributed by atoms with Gasteiger partial charge in [0.1, 0.15) is 5.60 Å². The molecule has 32 heavy (non-hydrogen) atoms. The Balaban J connectivity index is 1.78. The molecule has 0 spiro atoms. The highest BCUT2D eigenvalue weighted by atomic mass is 16.3.